The number of β-amino-alcohol motifs (C(OH)–C–C–N with tert-alkyl or cyclic N) is 1. The van der Waals surface area contributed by atoms with E-state index < -0.39 is 16.9 Å². The predicted octanol–water partition coefficient (Wildman–Crippen LogP) is 4.05. The zero-order chi connectivity index (χ0) is 27.5. The lowest BCUT2D eigenvalue weighted by Crippen LogP contribution is -2.40. The maximum absolute atomic E-state index is 12.3. The molecular formula is C27H29N5O6S. The van der Waals surface area contributed by atoms with Gasteiger partial charge in [-0.1, -0.05) is 12.1 Å². The van der Waals surface area contributed by atoms with E-state index in [0.29, 0.717) is 35.0 Å². The van der Waals surface area contributed by atoms with Crippen molar-refractivity contribution in [3.8, 4) is 22.1 Å². The van der Waals surface area contributed by atoms with Crippen LogP contribution in [-0.4, -0.2) is 62.6 Å². The molecule has 12 heteroatoms. The van der Waals surface area contributed by atoms with Crippen LogP contribution < -0.4 is 15.2 Å². The minimum atomic E-state index is -0.699. The highest BCUT2D eigenvalue weighted by Crippen LogP contribution is 2.39. The van der Waals surface area contributed by atoms with Gasteiger partial charge in [0.1, 0.15) is 34.7 Å². The summed E-state index contributed by atoms with van der Waals surface area (Å²) < 4.78 is 13.9. The van der Waals surface area contributed by atoms with E-state index in [9.17, 15) is 20.0 Å². The Morgan fingerprint density at radius 1 is 1.33 bits per heavy atom. The van der Waals surface area contributed by atoms with Crippen LogP contribution in [0.2, 0.25) is 0 Å². The van der Waals surface area contributed by atoms with Gasteiger partial charge in [-0.15, -0.1) is 11.3 Å². The summed E-state index contributed by atoms with van der Waals surface area (Å²) in [6.07, 6.45) is 4.37. The highest BCUT2D eigenvalue weighted by Gasteiger charge is 2.24. The molecule has 39 heavy (non-hydrogen) atoms. The molecule has 0 aliphatic carbocycles. The van der Waals surface area contributed by atoms with Gasteiger partial charge in [0.05, 0.1) is 39.6 Å². The summed E-state index contributed by atoms with van der Waals surface area (Å²) in [5.41, 5.74) is 7.40. The molecule has 4 heterocycles. The summed E-state index contributed by atoms with van der Waals surface area (Å²) >= 11 is 1.17. The van der Waals surface area contributed by atoms with Gasteiger partial charge in [0, 0.05) is 25.2 Å². The summed E-state index contributed by atoms with van der Waals surface area (Å²) in [6, 6.07) is 11.7. The summed E-state index contributed by atoms with van der Waals surface area (Å²) in [7, 11) is 0. The Balaban J connectivity index is 1.37. The lowest BCUT2D eigenvalue weighted by molar-refractivity contribution is -0.386. The Morgan fingerprint density at radius 2 is 2.15 bits per heavy atom. The SMILES string of the molecule is CC(Oc1cc(-c2cnc3ccc(OCCN4CCC[C@H](O)C4)cn23)sc1C(N)=O)c1ccccc1[N+](=O)[O-]. The van der Waals surface area contributed by atoms with Crippen molar-refractivity contribution in [1.82, 2.24) is 14.3 Å². The topological polar surface area (TPSA) is 145 Å². The first-order chi connectivity index (χ1) is 18.8. The maximum atomic E-state index is 12.3. The van der Waals surface area contributed by atoms with E-state index >= 15 is 0 Å². The van der Waals surface area contributed by atoms with E-state index in [4.69, 9.17) is 15.2 Å². The number of fused-ring (bicyclic) bond motifs is 1. The zero-order valence-corrected chi connectivity index (χ0v) is 22.2. The number of benzene rings is 1. The van der Waals surface area contributed by atoms with Crippen molar-refractivity contribution in [1.29, 1.82) is 0 Å². The molecule has 1 aromatic carbocycles. The lowest BCUT2D eigenvalue weighted by Gasteiger charge is -2.29. The summed E-state index contributed by atoms with van der Waals surface area (Å²) in [5.74, 6) is 0.253. The normalized spacial score (nSPS) is 16.7. The number of hydrogen-bond donors (Lipinski definition) is 2. The standard InChI is InChI=1S/C27H29N5O6S/c1-17(20-6-2-3-7-21(20)32(35)36)38-23-13-24(39-26(23)27(28)34)22-14-29-25-9-8-19(16-31(22)25)37-12-11-30-10-4-5-18(33)15-30/h2-3,6-9,13-14,16-18,33H,4-5,10-12,15H2,1H3,(H2,28,34)/t17?,18-/m0/s1. The molecule has 0 radical (unpaired) electrons. The van der Waals surface area contributed by atoms with Gasteiger partial charge >= 0.3 is 0 Å². The molecule has 1 amide bonds. The number of likely N-dealkylation sites (tertiary alicyclic amines) is 1. The van der Waals surface area contributed by atoms with Crippen LogP contribution in [0.1, 0.15) is 41.1 Å². The third-order valence-electron chi connectivity index (χ3n) is 6.68. The number of pyridine rings is 1. The lowest BCUT2D eigenvalue weighted by atomic mass is 10.1. The van der Waals surface area contributed by atoms with Crippen LogP contribution in [0.15, 0.2) is 54.9 Å². The number of thiophene rings is 1. The Labute approximate surface area is 228 Å². The van der Waals surface area contributed by atoms with E-state index in [-0.39, 0.29) is 22.4 Å². The Morgan fingerprint density at radius 3 is 2.92 bits per heavy atom. The number of aliphatic hydroxyl groups excluding tert-OH is 1. The number of carbonyl (C=O) groups excluding carboxylic acids is 1. The molecule has 4 aromatic rings. The van der Waals surface area contributed by atoms with Gasteiger partial charge in [0.15, 0.2) is 0 Å². The number of aliphatic hydroxyl groups is 1. The summed E-state index contributed by atoms with van der Waals surface area (Å²) in [4.78, 5) is 30.8. The molecule has 0 spiro atoms. The van der Waals surface area contributed by atoms with Gasteiger partial charge in [-0.25, -0.2) is 4.98 Å². The molecule has 204 valence electrons. The highest BCUT2D eigenvalue weighted by atomic mass is 32.1. The van der Waals surface area contributed by atoms with Gasteiger partial charge in [0.2, 0.25) is 0 Å². The second-order valence-corrected chi connectivity index (χ2v) is 10.5. The molecule has 3 N–H and O–H groups in total. The van der Waals surface area contributed by atoms with E-state index in [1.807, 2.05) is 22.7 Å². The maximum Gasteiger partial charge on any atom is 0.276 e. The molecular weight excluding hydrogens is 522 g/mol. The number of primary amides is 1. The first-order valence-electron chi connectivity index (χ1n) is 12.6. The van der Waals surface area contributed by atoms with Gasteiger partial charge < -0.3 is 20.3 Å². The number of rotatable bonds is 10. The fourth-order valence-electron chi connectivity index (χ4n) is 4.77. The Bertz CT molecular complexity index is 1500. The van der Waals surface area contributed by atoms with Crippen molar-refractivity contribution in [2.75, 3.05) is 26.2 Å². The molecule has 0 saturated carbocycles. The fraction of sp³-hybridized carbons (Fsp3) is 0.333. The van der Waals surface area contributed by atoms with E-state index in [0.717, 1.165) is 31.6 Å². The monoisotopic (exact) mass is 551 g/mol. The van der Waals surface area contributed by atoms with Crippen LogP contribution in [0, 0.1) is 10.1 Å². The quantitative estimate of drug-likeness (QED) is 0.222. The van der Waals surface area contributed by atoms with E-state index in [2.05, 4.69) is 9.88 Å². The van der Waals surface area contributed by atoms with Crippen LogP contribution >= 0.6 is 11.3 Å². The molecule has 1 aliphatic rings. The summed E-state index contributed by atoms with van der Waals surface area (Å²) in [5, 5.41) is 21.3. The van der Waals surface area contributed by atoms with Crippen LogP contribution in [0.5, 0.6) is 11.5 Å². The number of hydrogen-bond acceptors (Lipinski definition) is 9. The number of amides is 1. The third-order valence-corrected chi connectivity index (χ3v) is 7.84. The van der Waals surface area contributed by atoms with Crippen LogP contribution in [-0.2, 0) is 0 Å². The van der Waals surface area contributed by atoms with Gasteiger partial charge in [-0.3, -0.25) is 24.2 Å². The molecule has 11 nitrogen and oxygen atoms in total. The Kier molecular flexibility index (Phi) is 7.77. The van der Waals surface area contributed by atoms with Gasteiger partial charge in [0.25, 0.3) is 11.6 Å². The number of nitrogens with zero attached hydrogens (tertiary/aromatic N) is 4. The number of ether oxygens (including phenoxy) is 2. The largest absolute Gasteiger partial charge is 0.491 e. The van der Waals surface area contributed by atoms with Crippen LogP contribution in [0.3, 0.4) is 0 Å². The highest BCUT2D eigenvalue weighted by molar-refractivity contribution is 7.17. The number of para-hydroxylation sites is 1. The molecule has 0 bridgehead atoms. The van der Waals surface area contributed by atoms with Crippen LogP contribution in [0.4, 0.5) is 5.69 Å². The van der Waals surface area contributed by atoms with Crippen molar-refractivity contribution in [2.45, 2.75) is 32.0 Å². The van der Waals surface area contributed by atoms with Crippen molar-refractivity contribution in [3.63, 3.8) is 0 Å². The number of nitrogens with two attached hydrogens (primary N) is 1. The zero-order valence-electron chi connectivity index (χ0n) is 21.4. The molecule has 1 fully saturated rings. The molecule has 2 atom stereocenters. The van der Waals surface area contributed by atoms with Gasteiger partial charge in [-0.2, -0.15) is 0 Å². The minimum absolute atomic E-state index is 0.0631. The smallest absolute Gasteiger partial charge is 0.276 e. The Hall–Kier alpha value is -4.00. The average Bonchev–Trinajstić information content (AvgIpc) is 3.52. The summed E-state index contributed by atoms with van der Waals surface area (Å²) in [6.45, 7) is 4.50. The van der Waals surface area contributed by atoms with Crippen molar-refractivity contribution in [2.24, 2.45) is 5.73 Å². The number of piperidine rings is 1. The molecule has 1 aliphatic heterocycles. The van der Waals surface area contributed by atoms with Crippen molar-refractivity contribution in [3.05, 3.63) is 75.4 Å². The first-order valence-corrected chi connectivity index (χ1v) is 13.5. The predicted molar refractivity (Wildman–Crippen MR) is 146 cm³/mol. The molecule has 1 unspecified atom stereocenters. The van der Waals surface area contributed by atoms with Crippen molar-refractivity contribution >= 4 is 28.6 Å². The number of aromatic nitrogens is 2. The molecule has 5 rings (SSSR count). The van der Waals surface area contributed by atoms with Crippen molar-refractivity contribution < 1.29 is 24.3 Å². The third kappa shape index (κ3) is 5.87. The number of nitro groups is 1. The number of imidazole rings is 1. The molecule has 1 saturated heterocycles. The molecule has 3 aromatic heterocycles. The van der Waals surface area contributed by atoms with Gasteiger partial charge in [-0.05, 0) is 44.5 Å². The second kappa shape index (κ2) is 11.4. The number of carbonyl (C=O) groups is 1. The van der Waals surface area contributed by atoms with E-state index in [1.54, 1.807) is 37.4 Å². The number of nitro benzene ring substituents is 1. The average molecular weight is 552 g/mol. The first kappa shape index (κ1) is 26.6. The van der Waals surface area contributed by atoms with Crippen LogP contribution in [0.25, 0.3) is 16.2 Å². The second-order valence-electron chi connectivity index (χ2n) is 9.43. The fourth-order valence-corrected chi connectivity index (χ4v) is 5.72. The minimum Gasteiger partial charge on any atom is -0.491 e. The van der Waals surface area contributed by atoms with E-state index in [1.165, 1.54) is 17.4 Å².